The van der Waals surface area contributed by atoms with Crippen LogP contribution < -0.4 is 9.80 Å². The lowest BCUT2D eigenvalue weighted by atomic mass is 10.1. The highest BCUT2D eigenvalue weighted by Gasteiger charge is 2.32. The van der Waals surface area contributed by atoms with E-state index in [1.807, 2.05) is 12.1 Å². The van der Waals surface area contributed by atoms with E-state index in [4.69, 9.17) is 23.2 Å². The van der Waals surface area contributed by atoms with E-state index < -0.39 is 0 Å². The number of rotatable bonds is 5. The van der Waals surface area contributed by atoms with E-state index in [1.54, 1.807) is 17.8 Å². The summed E-state index contributed by atoms with van der Waals surface area (Å²) in [4.78, 5) is 20.5. The number of benzene rings is 2. The van der Waals surface area contributed by atoms with Crippen molar-refractivity contribution in [2.45, 2.75) is 24.9 Å². The fourth-order valence-corrected chi connectivity index (χ4v) is 6.06. The van der Waals surface area contributed by atoms with Gasteiger partial charge in [-0.1, -0.05) is 41.4 Å². The molecule has 3 fully saturated rings. The number of anilines is 2. The summed E-state index contributed by atoms with van der Waals surface area (Å²) in [5.74, 6) is 0.915. The summed E-state index contributed by atoms with van der Waals surface area (Å²) < 4.78 is 0. The first kappa shape index (κ1) is 22.1. The van der Waals surface area contributed by atoms with Crippen LogP contribution >= 0.6 is 35.0 Å². The van der Waals surface area contributed by atoms with Crippen LogP contribution in [0.2, 0.25) is 10.0 Å². The van der Waals surface area contributed by atoms with Crippen LogP contribution in [0.3, 0.4) is 0 Å². The number of hydrogen-bond donors (Lipinski definition) is 0. The Balaban J connectivity index is 1.40. The second-order valence-corrected chi connectivity index (χ2v) is 10.6. The van der Waals surface area contributed by atoms with Crippen molar-refractivity contribution < 1.29 is 4.79 Å². The van der Waals surface area contributed by atoms with Crippen LogP contribution in [0.25, 0.3) is 6.08 Å². The molecule has 1 unspecified atom stereocenters. The van der Waals surface area contributed by atoms with Gasteiger partial charge in [-0.3, -0.25) is 4.90 Å². The van der Waals surface area contributed by atoms with Crippen LogP contribution in [-0.4, -0.2) is 61.7 Å². The zero-order chi connectivity index (χ0) is 22.1. The quantitative estimate of drug-likeness (QED) is 0.523. The fourth-order valence-electron chi connectivity index (χ4n) is 4.68. The molecule has 2 aromatic carbocycles. The maximum atomic E-state index is 12.2. The standard InChI is InChI=1S/C25H27Cl2N3OS/c26-21-8-7-20(16-22(21)27)30-13-14-32-25(24(30)17-31)15-18-3-1-2-4-23(18)29-11-9-28(10-12-29)19-5-6-19/h1-4,7-8,15-17,19,24H,5-6,9-14H2. The molecule has 4 nitrogen and oxygen atoms in total. The number of carbonyl (C=O) groups excluding carboxylic acids is 1. The zero-order valence-corrected chi connectivity index (χ0v) is 20.3. The van der Waals surface area contributed by atoms with Crippen molar-refractivity contribution in [2.24, 2.45) is 0 Å². The number of thioether (sulfide) groups is 1. The maximum Gasteiger partial charge on any atom is 0.147 e. The predicted octanol–water partition coefficient (Wildman–Crippen LogP) is 5.44. The molecule has 0 aromatic heterocycles. The van der Waals surface area contributed by atoms with Crippen molar-refractivity contribution >= 4 is 58.7 Å². The van der Waals surface area contributed by atoms with Gasteiger partial charge in [0.15, 0.2) is 0 Å². The van der Waals surface area contributed by atoms with E-state index in [0.717, 1.165) is 61.4 Å². The first-order valence-electron chi connectivity index (χ1n) is 11.2. The highest BCUT2D eigenvalue weighted by atomic mass is 35.5. The molecule has 1 saturated carbocycles. The molecule has 3 aliphatic rings. The van der Waals surface area contributed by atoms with Gasteiger partial charge < -0.3 is 14.6 Å². The lowest BCUT2D eigenvalue weighted by Gasteiger charge is -2.38. The van der Waals surface area contributed by atoms with Crippen molar-refractivity contribution in [2.75, 3.05) is 48.3 Å². The number of halogens is 2. The van der Waals surface area contributed by atoms with Crippen LogP contribution in [0.4, 0.5) is 11.4 Å². The molecule has 5 rings (SSSR count). The van der Waals surface area contributed by atoms with Gasteiger partial charge in [-0.05, 0) is 48.7 Å². The average Bonchev–Trinajstić information content (AvgIpc) is 3.67. The smallest absolute Gasteiger partial charge is 0.147 e. The van der Waals surface area contributed by atoms with E-state index >= 15 is 0 Å². The van der Waals surface area contributed by atoms with Crippen LogP contribution in [0.5, 0.6) is 0 Å². The molecule has 168 valence electrons. The topological polar surface area (TPSA) is 26.8 Å². The predicted molar refractivity (Wildman–Crippen MR) is 137 cm³/mol. The molecule has 2 aliphatic heterocycles. The Bertz CT molecular complexity index is 1020. The SMILES string of the molecule is O=CC1C(=Cc2ccccc2N2CCN(C3CC3)CC2)SCCN1c1ccc(Cl)c(Cl)c1. The maximum absolute atomic E-state index is 12.2. The molecule has 0 radical (unpaired) electrons. The third kappa shape index (κ3) is 4.67. The Morgan fingerprint density at radius 3 is 2.44 bits per heavy atom. The summed E-state index contributed by atoms with van der Waals surface area (Å²) in [7, 11) is 0. The van der Waals surface area contributed by atoms with E-state index in [2.05, 4.69) is 45.0 Å². The molecule has 2 saturated heterocycles. The minimum absolute atomic E-state index is 0.328. The second kappa shape index (κ2) is 9.68. The Kier molecular flexibility index (Phi) is 6.70. The van der Waals surface area contributed by atoms with Gasteiger partial charge in [0.25, 0.3) is 0 Å². The number of piperazine rings is 1. The van der Waals surface area contributed by atoms with Gasteiger partial charge in [0.2, 0.25) is 0 Å². The van der Waals surface area contributed by atoms with Gasteiger partial charge in [0, 0.05) is 60.8 Å². The summed E-state index contributed by atoms with van der Waals surface area (Å²) in [6.07, 6.45) is 5.97. The molecule has 0 bridgehead atoms. The van der Waals surface area contributed by atoms with Gasteiger partial charge in [0.05, 0.1) is 10.0 Å². The Morgan fingerprint density at radius 2 is 1.72 bits per heavy atom. The fraction of sp³-hybridized carbons (Fsp3) is 0.400. The first-order chi connectivity index (χ1) is 15.6. The van der Waals surface area contributed by atoms with Gasteiger partial charge in [-0.2, -0.15) is 0 Å². The van der Waals surface area contributed by atoms with E-state index in [0.29, 0.717) is 10.0 Å². The summed E-state index contributed by atoms with van der Waals surface area (Å²) in [5.41, 5.74) is 3.36. The Hall–Kier alpha value is -1.66. The van der Waals surface area contributed by atoms with Crippen molar-refractivity contribution in [3.63, 3.8) is 0 Å². The summed E-state index contributed by atoms with van der Waals surface area (Å²) in [6.45, 7) is 5.15. The third-order valence-electron chi connectivity index (χ3n) is 6.54. The van der Waals surface area contributed by atoms with Gasteiger partial charge in [-0.15, -0.1) is 11.8 Å². The number of para-hydroxylation sites is 1. The van der Waals surface area contributed by atoms with E-state index in [9.17, 15) is 4.79 Å². The molecule has 2 aromatic rings. The molecule has 1 aliphatic carbocycles. The minimum atomic E-state index is -0.328. The Morgan fingerprint density at radius 1 is 0.938 bits per heavy atom. The van der Waals surface area contributed by atoms with Gasteiger partial charge in [0.1, 0.15) is 12.3 Å². The van der Waals surface area contributed by atoms with Crippen LogP contribution in [0.15, 0.2) is 47.4 Å². The lowest BCUT2D eigenvalue weighted by Crippen LogP contribution is -2.47. The normalized spacial score (nSPS) is 23.6. The third-order valence-corrected chi connectivity index (χ3v) is 8.36. The zero-order valence-electron chi connectivity index (χ0n) is 17.9. The molecule has 7 heteroatoms. The molecular formula is C25H27Cl2N3OS. The van der Waals surface area contributed by atoms with Gasteiger partial charge >= 0.3 is 0 Å². The molecule has 0 spiro atoms. The van der Waals surface area contributed by atoms with Crippen molar-refractivity contribution in [3.05, 3.63) is 63.0 Å². The molecule has 1 atom stereocenters. The van der Waals surface area contributed by atoms with Gasteiger partial charge in [-0.25, -0.2) is 0 Å². The van der Waals surface area contributed by atoms with Crippen molar-refractivity contribution in [1.29, 1.82) is 0 Å². The molecular weight excluding hydrogens is 461 g/mol. The Labute approximate surface area is 204 Å². The summed E-state index contributed by atoms with van der Waals surface area (Å²) >= 11 is 14.1. The highest BCUT2D eigenvalue weighted by molar-refractivity contribution is 8.03. The van der Waals surface area contributed by atoms with E-state index in [-0.39, 0.29) is 6.04 Å². The summed E-state index contributed by atoms with van der Waals surface area (Å²) in [6, 6.07) is 14.6. The largest absolute Gasteiger partial charge is 0.368 e. The minimum Gasteiger partial charge on any atom is -0.368 e. The summed E-state index contributed by atoms with van der Waals surface area (Å²) in [5, 5.41) is 1.03. The number of nitrogens with zero attached hydrogens (tertiary/aromatic N) is 3. The molecule has 0 amide bonds. The van der Waals surface area contributed by atoms with Crippen LogP contribution in [0, 0.1) is 0 Å². The van der Waals surface area contributed by atoms with Crippen molar-refractivity contribution in [1.82, 2.24) is 4.90 Å². The van der Waals surface area contributed by atoms with Crippen LogP contribution in [0.1, 0.15) is 18.4 Å². The molecule has 2 heterocycles. The second-order valence-electron chi connectivity index (χ2n) is 8.58. The van der Waals surface area contributed by atoms with E-state index in [1.165, 1.54) is 24.1 Å². The lowest BCUT2D eigenvalue weighted by molar-refractivity contribution is -0.108. The number of hydrogen-bond acceptors (Lipinski definition) is 5. The average molecular weight is 488 g/mol. The monoisotopic (exact) mass is 487 g/mol. The number of carbonyl (C=O) groups is 1. The molecule has 32 heavy (non-hydrogen) atoms. The molecule has 0 N–H and O–H groups in total. The highest BCUT2D eigenvalue weighted by Crippen LogP contribution is 2.37. The first-order valence-corrected chi connectivity index (χ1v) is 13.0. The number of aldehydes is 1. The van der Waals surface area contributed by atoms with Crippen LogP contribution in [-0.2, 0) is 4.79 Å². The van der Waals surface area contributed by atoms with Crippen molar-refractivity contribution in [3.8, 4) is 0 Å².